The minimum absolute atomic E-state index is 0.157. The van der Waals surface area contributed by atoms with Crippen molar-refractivity contribution in [3.63, 3.8) is 0 Å². The van der Waals surface area contributed by atoms with E-state index in [4.69, 9.17) is 35.3 Å². The number of hydrogen-bond acceptors (Lipinski definition) is 10. The van der Waals surface area contributed by atoms with Crippen molar-refractivity contribution in [3.8, 4) is 0 Å². The number of carbonyl (C=O) groups is 4. The zero-order valence-corrected chi connectivity index (χ0v) is 19.5. The normalized spacial score (nSPS) is 24.5. The summed E-state index contributed by atoms with van der Waals surface area (Å²) in [6, 6.07) is 5.02. The van der Waals surface area contributed by atoms with E-state index in [1.807, 2.05) is 0 Å². The molecule has 1 aromatic rings. The topological polar surface area (TPSA) is 135 Å². The second-order valence-corrected chi connectivity index (χ2v) is 7.71. The number of halogens is 1. The minimum atomic E-state index is -1.29. The molecule has 11 heteroatoms. The first-order valence-corrected chi connectivity index (χ1v) is 10.7. The van der Waals surface area contributed by atoms with Gasteiger partial charge in [-0.1, -0.05) is 18.2 Å². The lowest BCUT2D eigenvalue weighted by atomic mass is 9.88. The summed E-state index contributed by atoms with van der Waals surface area (Å²) in [5.41, 5.74) is 1.56. The van der Waals surface area contributed by atoms with E-state index in [0.29, 0.717) is 16.7 Å². The molecule has 1 heterocycles. The highest BCUT2D eigenvalue weighted by Crippen LogP contribution is 2.39. The molecule has 0 unspecified atom stereocenters. The number of esters is 4. The molecule has 1 aliphatic heterocycles. The fraction of sp³-hybridized carbons (Fsp3) is 0.545. The Morgan fingerprint density at radius 2 is 1.48 bits per heavy atom. The second kappa shape index (κ2) is 12.0. The fourth-order valence-electron chi connectivity index (χ4n) is 3.62. The fourth-order valence-corrected chi connectivity index (χ4v) is 3.78. The van der Waals surface area contributed by atoms with Crippen LogP contribution >= 0.6 is 11.6 Å². The zero-order chi connectivity index (χ0) is 24.7. The highest BCUT2D eigenvalue weighted by molar-refractivity contribution is 6.17. The van der Waals surface area contributed by atoms with Crippen LogP contribution in [0.4, 0.5) is 0 Å². The molecule has 1 fully saturated rings. The summed E-state index contributed by atoms with van der Waals surface area (Å²) in [5, 5.41) is 9.88. The van der Waals surface area contributed by atoms with E-state index in [2.05, 4.69) is 0 Å². The van der Waals surface area contributed by atoms with E-state index in [1.54, 1.807) is 18.2 Å². The number of aliphatic hydroxyl groups excluding tert-OH is 1. The van der Waals surface area contributed by atoms with Gasteiger partial charge in [0.2, 0.25) is 0 Å². The number of benzene rings is 1. The Hall–Kier alpha value is -2.69. The zero-order valence-electron chi connectivity index (χ0n) is 18.7. The first kappa shape index (κ1) is 26.6. The number of alkyl halides is 1. The van der Waals surface area contributed by atoms with Crippen LogP contribution in [-0.2, 0) is 55.3 Å². The third kappa shape index (κ3) is 7.15. The van der Waals surface area contributed by atoms with E-state index in [9.17, 15) is 24.3 Å². The molecule has 1 saturated heterocycles. The average Bonchev–Trinajstić information content (AvgIpc) is 2.73. The Morgan fingerprint density at radius 1 is 0.909 bits per heavy atom. The van der Waals surface area contributed by atoms with Crippen LogP contribution in [0.5, 0.6) is 0 Å². The molecule has 10 nitrogen and oxygen atoms in total. The quantitative estimate of drug-likeness (QED) is 0.328. The van der Waals surface area contributed by atoms with Crippen molar-refractivity contribution in [2.75, 3.05) is 6.61 Å². The van der Waals surface area contributed by atoms with E-state index < -0.39 is 54.4 Å². The van der Waals surface area contributed by atoms with Crippen LogP contribution in [-0.4, -0.2) is 60.0 Å². The van der Waals surface area contributed by atoms with E-state index >= 15 is 0 Å². The highest BCUT2D eigenvalue weighted by Gasteiger charge is 2.52. The van der Waals surface area contributed by atoms with Crippen molar-refractivity contribution in [2.24, 2.45) is 0 Å². The van der Waals surface area contributed by atoms with Crippen LogP contribution in [0.15, 0.2) is 18.2 Å². The van der Waals surface area contributed by atoms with Gasteiger partial charge in [0, 0.05) is 33.6 Å². The molecule has 0 aliphatic carbocycles. The van der Waals surface area contributed by atoms with Crippen LogP contribution in [0, 0.1) is 0 Å². The first-order chi connectivity index (χ1) is 15.6. The average molecular weight is 487 g/mol. The third-order valence-electron chi connectivity index (χ3n) is 4.83. The maximum absolute atomic E-state index is 12.0. The van der Waals surface area contributed by atoms with Gasteiger partial charge in [-0.2, -0.15) is 0 Å². The molecule has 0 radical (unpaired) electrons. The van der Waals surface area contributed by atoms with Crippen LogP contribution in [0.3, 0.4) is 0 Å². The predicted molar refractivity (Wildman–Crippen MR) is 113 cm³/mol. The Morgan fingerprint density at radius 3 is 2.00 bits per heavy atom. The smallest absolute Gasteiger partial charge is 0.303 e. The van der Waals surface area contributed by atoms with Gasteiger partial charge < -0.3 is 28.8 Å². The van der Waals surface area contributed by atoms with Gasteiger partial charge in [-0.3, -0.25) is 19.2 Å². The van der Waals surface area contributed by atoms with E-state index in [0.717, 1.165) is 20.8 Å². The molecule has 0 saturated carbocycles. The summed E-state index contributed by atoms with van der Waals surface area (Å²) in [6.45, 7) is 3.95. The van der Waals surface area contributed by atoms with Crippen molar-refractivity contribution in [2.45, 2.75) is 70.7 Å². The molecule has 1 aliphatic rings. The van der Waals surface area contributed by atoms with Crippen molar-refractivity contribution in [1.82, 2.24) is 0 Å². The molecule has 5 atom stereocenters. The highest BCUT2D eigenvalue weighted by atomic mass is 35.5. The van der Waals surface area contributed by atoms with Crippen LogP contribution in [0.25, 0.3) is 0 Å². The SMILES string of the molecule is CC(=O)OC[C@H]1O[C@@H](c2cc(CCl)ccc2CO)[C@H](OC(C)=O)[C@@H](OC(C)=O)[C@@H]1OC(C)=O. The molecule has 182 valence electrons. The van der Waals surface area contributed by atoms with Crippen LogP contribution < -0.4 is 0 Å². The van der Waals surface area contributed by atoms with Crippen molar-refractivity contribution in [1.29, 1.82) is 0 Å². The molecule has 2 rings (SSSR count). The molecule has 0 bridgehead atoms. The van der Waals surface area contributed by atoms with Gasteiger partial charge in [-0.05, 0) is 16.7 Å². The predicted octanol–water partition coefficient (Wildman–Crippen LogP) is 1.72. The summed E-state index contributed by atoms with van der Waals surface area (Å²) in [6.07, 6.45) is -5.94. The van der Waals surface area contributed by atoms with Gasteiger partial charge in [0.15, 0.2) is 18.3 Å². The second-order valence-electron chi connectivity index (χ2n) is 7.44. The van der Waals surface area contributed by atoms with Gasteiger partial charge in [0.1, 0.15) is 18.8 Å². The largest absolute Gasteiger partial charge is 0.463 e. The Labute approximate surface area is 196 Å². The van der Waals surface area contributed by atoms with Gasteiger partial charge in [0.05, 0.1) is 6.61 Å². The lowest BCUT2D eigenvalue weighted by Crippen LogP contribution is -2.59. The number of hydrogen-bond donors (Lipinski definition) is 1. The van der Waals surface area contributed by atoms with E-state index in [1.165, 1.54) is 6.92 Å². The van der Waals surface area contributed by atoms with E-state index in [-0.39, 0.29) is 19.1 Å². The number of rotatable bonds is 8. The molecule has 1 N–H and O–H groups in total. The summed E-state index contributed by atoms with van der Waals surface area (Å²) >= 11 is 5.97. The van der Waals surface area contributed by atoms with Crippen molar-refractivity contribution >= 4 is 35.5 Å². The molecule has 0 spiro atoms. The van der Waals surface area contributed by atoms with Crippen molar-refractivity contribution in [3.05, 3.63) is 34.9 Å². The Kier molecular flexibility index (Phi) is 9.63. The molecule has 1 aromatic carbocycles. The number of carbonyl (C=O) groups excluding carboxylic acids is 4. The number of ether oxygens (including phenoxy) is 5. The Balaban J connectivity index is 2.65. The summed E-state index contributed by atoms with van der Waals surface area (Å²) in [4.78, 5) is 47.1. The summed E-state index contributed by atoms with van der Waals surface area (Å²) in [7, 11) is 0. The summed E-state index contributed by atoms with van der Waals surface area (Å²) < 4.78 is 27.5. The summed E-state index contributed by atoms with van der Waals surface area (Å²) in [5.74, 6) is -2.59. The lowest BCUT2D eigenvalue weighted by molar-refractivity contribution is -0.254. The lowest BCUT2D eigenvalue weighted by Gasteiger charge is -2.45. The minimum Gasteiger partial charge on any atom is -0.463 e. The molecule has 0 amide bonds. The number of aliphatic hydroxyl groups is 1. The third-order valence-corrected chi connectivity index (χ3v) is 5.14. The standard InChI is InChI=1S/C22H27ClO10/c1-11(25)29-10-18-20(30-12(2)26)22(32-14(4)28)21(31-13(3)27)19(33-18)17-7-15(8-23)5-6-16(17)9-24/h5-7,18-22,24H,8-10H2,1-4H3/t18-,19+,20-,21+,22+/m1/s1. The maximum atomic E-state index is 12.0. The Bertz CT molecular complexity index is 886. The van der Waals surface area contributed by atoms with Crippen LogP contribution in [0.1, 0.15) is 50.5 Å². The molecule has 33 heavy (non-hydrogen) atoms. The van der Waals surface area contributed by atoms with Gasteiger partial charge in [-0.25, -0.2) is 0 Å². The van der Waals surface area contributed by atoms with Crippen molar-refractivity contribution < 1.29 is 48.0 Å². The van der Waals surface area contributed by atoms with Gasteiger partial charge in [-0.15, -0.1) is 11.6 Å². The first-order valence-electron chi connectivity index (χ1n) is 10.2. The maximum Gasteiger partial charge on any atom is 0.303 e. The molecule has 0 aromatic heterocycles. The monoisotopic (exact) mass is 486 g/mol. The van der Waals surface area contributed by atoms with Gasteiger partial charge >= 0.3 is 23.9 Å². The van der Waals surface area contributed by atoms with Gasteiger partial charge in [0.25, 0.3) is 0 Å². The molecular weight excluding hydrogens is 460 g/mol. The molecular formula is C22H27ClO10. The van der Waals surface area contributed by atoms with Crippen LogP contribution in [0.2, 0.25) is 0 Å².